The molecule has 36 heavy (non-hydrogen) atoms. The fourth-order valence-corrected chi connectivity index (χ4v) is 5.50. The van der Waals surface area contributed by atoms with Gasteiger partial charge in [-0.25, -0.2) is 9.18 Å². The number of aliphatic hydroxyl groups excluding tert-OH is 1. The van der Waals surface area contributed by atoms with Crippen molar-refractivity contribution < 1.29 is 14.3 Å². The lowest BCUT2D eigenvalue weighted by atomic mass is 9.74. The SMILES string of the molecule is N#Cc1ccc(-c2ccc([C@@H]3[C@H]4CN(C(=O)Nc5ccc(F)cc5)CCCCN4[C@H]3CO)cc2)cc1. The van der Waals surface area contributed by atoms with Crippen molar-refractivity contribution in [1.29, 1.82) is 5.26 Å². The maximum absolute atomic E-state index is 13.2. The number of halogens is 1. The molecule has 6 nitrogen and oxygen atoms in total. The molecule has 0 spiro atoms. The molecule has 2 aliphatic heterocycles. The molecule has 184 valence electrons. The summed E-state index contributed by atoms with van der Waals surface area (Å²) in [4.78, 5) is 17.2. The van der Waals surface area contributed by atoms with Crippen LogP contribution in [0.5, 0.6) is 0 Å². The van der Waals surface area contributed by atoms with E-state index in [9.17, 15) is 14.3 Å². The highest BCUT2D eigenvalue weighted by Gasteiger charge is 2.49. The number of fused-ring (bicyclic) bond motifs is 1. The number of nitriles is 1. The van der Waals surface area contributed by atoms with E-state index < -0.39 is 0 Å². The van der Waals surface area contributed by atoms with Gasteiger partial charge in [0.15, 0.2) is 0 Å². The number of nitrogens with one attached hydrogen (secondary N) is 1. The van der Waals surface area contributed by atoms with E-state index in [-0.39, 0.29) is 36.5 Å². The van der Waals surface area contributed by atoms with Crippen LogP contribution in [0, 0.1) is 17.1 Å². The molecule has 2 N–H and O–H groups in total. The minimum atomic E-state index is -0.340. The molecule has 0 bridgehead atoms. The van der Waals surface area contributed by atoms with Crippen molar-refractivity contribution in [3.05, 3.63) is 89.7 Å². The lowest BCUT2D eigenvalue weighted by molar-refractivity contribution is -0.0585. The van der Waals surface area contributed by atoms with E-state index in [2.05, 4.69) is 40.6 Å². The van der Waals surface area contributed by atoms with Crippen molar-refractivity contribution in [3.8, 4) is 17.2 Å². The second-order valence-electron chi connectivity index (χ2n) is 9.48. The van der Waals surface area contributed by atoms with Crippen molar-refractivity contribution >= 4 is 11.7 Å². The molecule has 2 aliphatic rings. The zero-order valence-corrected chi connectivity index (χ0v) is 20.0. The Labute approximate surface area is 210 Å². The molecule has 0 unspecified atom stereocenters. The first-order valence-corrected chi connectivity index (χ1v) is 12.4. The molecule has 3 aromatic rings. The number of nitrogens with zero attached hydrogens (tertiary/aromatic N) is 3. The Balaban J connectivity index is 1.33. The van der Waals surface area contributed by atoms with Crippen LogP contribution in [0.15, 0.2) is 72.8 Å². The van der Waals surface area contributed by atoms with E-state index in [4.69, 9.17) is 5.26 Å². The summed E-state index contributed by atoms with van der Waals surface area (Å²) in [5, 5.41) is 22.1. The van der Waals surface area contributed by atoms with Crippen LogP contribution in [0.3, 0.4) is 0 Å². The molecule has 0 saturated carbocycles. The Bertz CT molecular complexity index is 1240. The molecular formula is C29H29FN4O2. The molecule has 0 aliphatic carbocycles. The molecule has 2 heterocycles. The average Bonchev–Trinajstić information content (AvgIpc) is 2.89. The van der Waals surface area contributed by atoms with Gasteiger partial charge in [0.25, 0.3) is 0 Å². The summed E-state index contributed by atoms with van der Waals surface area (Å²) in [6.45, 7) is 2.19. The Kier molecular flexibility index (Phi) is 6.99. The third-order valence-electron chi connectivity index (χ3n) is 7.40. The predicted octanol–water partition coefficient (Wildman–Crippen LogP) is 4.82. The molecule has 3 atom stereocenters. The molecule has 2 amide bonds. The van der Waals surface area contributed by atoms with Crippen molar-refractivity contribution in [3.63, 3.8) is 0 Å². The van der Waals surface area contributed by atoms with Gasteiger partial charge in [0.05, 0.1) is 18.2 Å². The fourth-order valence-electron chi connectivity index (χ4n) is 5.50. The van der Waals surface area contributed by atoms with Crippen LogP contribution in [0.25, 0.3) is 11.1 Å². The third kappa shape index (κ3) is 4.83. The summed E-state index contributed by atoms with van der Waals surface area (Å²) >= 11 is 0. The predicted molar refractivity (Wildman–Crippen MR) is 137 cm³/mol. The Morgan fingerprint density at radius 3 is 2.25 bits per heavy atom. The van der Waals surface area contributed by atoms with Crippen LogP contribution in [-0.4, -0.2) is 59.3 Å². The Morgan fingerprint density at radius 1 is 0.972 bits per heavy atom. The summed E-state index contributed by atoms with van der Waals surface area (Å²) in [6, 6.07) is 23.8. The quantitative estimate of drug-likeness (QED) is 0.557. The van der Waals surface area contributed by atoms with E-state index >= 15 is 0 Å². The Morgan fingerprint density at radius 2 is 1.61 bits per heavy atom. The first-order valence-electron chi connectivity index (χ1n) is 12.4. The number of rotatable bonds is 4. The van der Waals surface area contributed by atoms with Crippen LogP contribution in [-0.2, 0) is 0 Å². The zero-order valence-electron chi connectivity index (χ0n) is 20.0. The number of carbonyl (C=O) groups is 1. The first kappa shape index (κ1) is 24.0. The van der Waals surface area contributed by atoms with Gasteiger partial charge < -0.3 is 15.3 Å². The van der Waals surface area contributed by atoms with Crippen molar-refractivity contribution in [2.45, 2.75) is 30.8 Å². The lowest BCUT2D eigenvalue weighted by Gasteiger charge is -2.57. The van der Waals surface area contributed by atoms with Gasteiger partial charge in [-0.3, -0.25) is 4.90 Å². The van der Waals surface area contributed by atoms with E-state index in [0.29, 0.717) is 24.3 Å². The number of aliphatic hydroxyl groups is 1. The molecule has 0 radical (unpaired) electrons. The number of carbonyl (C=O) groups excluding carboxylic acids is 1. The van der Waals surface area contributed by atoms with Gasteiger partial charge >= 0.3 is 6.03 Å². The number of amides is 2. The van der Waals surface area contributed by atoms with Crippen LogP contribution >= 0.6 is 0 Å². The van der Waals surface area contributed by atoms with Gasteiger partial charge in [-0.2, -0.15) is 5.26 Å². The van der Waals surface area contributed by atoms with Crippen LogP contribution in [0.2, 0.25) is 0 Å². The van der Waals surface area contributed by atoms with E-state index in [1.165, 1.54) is 12.1 Å². The smallest absolute Gasteiger partial charge is 0.321 e. The van der Waals surface area contributed by atoms with E-state index in [0.717, 1.165) is 36.1 Å². The minimum absolute atomic E-state index is 0.0240. The third-order valence-corrected chi connectivity index (χ3v) is 7.40. The van der Waals surface area contributed by atoms with E-state index in [1.54, 1.807) is 12.1 Å². The van der Waals surface area contributed by atoms with Crippen molar-refractivity contribution in [2.75, 3.05) is 31.6 Å². The maximum Gasteiger partial charge on any atom is 0.321 e. The number of urea groups is 1. The summed E-state index contributed by atoms with van der Waals surface area (Å²) in [5.74, 6) is -0.225. The summed E-state index contributed by atoms with van der Waals surface area (Å²) in [7, 11) is 0. The second kappa shape index (κ2) is 10.5. The molecular weight excluding hydrogens is 455 g/mol. The first-order chi connectivity index (χ1) is 17.6. The maximum atomic E-state index is 13.2. The number of hydrogen-bond donors (Lipinski definition) is 2. The van der Waals surface area contributed by atoms with Gasteiger partial charge in [-0.1, -0.05) is 36.4 Å². The van der Waals surface area contributed by atoms with Crippen molar-refractivity contribution in [2.24, 2.45) is 0 Å². The Hall–Kier alpha value is -3.73. The van der Waals surface area contributed by atoms with Gasteiger partial charge in [0.1, 0.15) is 5.82 Å². The molecule has 5 rings (SSSR count). The normalized spacial score (nSPS) is 21.9. The lowest BCUT2D eigenvalue weighted by Crippen LogP contribution is -2.68. The number of benzene rings is 3. The second-order valence-corrected chi connectivity index (χ2v) is 9.48. The summed E-state index contributed by atoms with van der Waals surface area (Å²) in [6.07, 6.45) is 1.85. The molecule has 3 aromatic carbocycles. The molecule has 0 aromatic heterocycles. The van der Waals surface area contributed by atoms with Crippen LogP contribution in [0.4, 0.5) is 14.9 Å². The van der Waals surface area contributed by atoms with Gasteiger partial charge in [0.2, 0.25) is 0 Å². The minimum Gasteiger partial charge on any atom is -0.395 e. The monoisotopic (exact) mass is 484 g/mol. The summed E-state index contributed by atoms with van der Waals surface area (Å²) < 4.78 is 13.2. The molecule has 2 fully saturated rings. The highest BCUT2D eigenvalue weighted by atomic mass is 19.1. The highest BCUT2D eigenvalue weighted by molar-refractivity contribution is 5.89. The molecule has 7 heteroatoms. The fraction of sp³-hybridized carbons (Fsp3) is 0.310. The summed E-state index contributed by atoms with van der Waals surface area (Å²) in [5.41, 5.74) is 4.46. The topological polar surface area (TPSA) is 79.6 Å². The largest absolute Gasteiger partial charge is 0.395 e. The van der Waals surface area contributed by atoms with E-state index in [1.807, 2.05) is 29.2 Å². The van der Waals surface area contributed by atoms with Crippen LogP contribution < -0.4 is 5.32 Å². The number of hydrogen-bond acceptors (Lipinski definition) is 4. The number of anilines is 1. The molecule has 2 saturated heterocycles. The average molecular weight is 485 g/mol. The highest BCUT2D eigenvalue weighted by Crippen LogP contribution is 2.42. The zero-order chi connectivity index (χ0) is 25.1. The van der Waals surface area contributed by atoms with Crippen LogP contribution in [0.1, 0.15) is 29.9 Å². The van der Waals surface area contributed by atoms with Gasteiger partial charge in [0, 0.05) is 36.8 Å². The van der Waals surface area contributed by atoms with Gasteiger partial charge in [-0.05, 0) is 72.5 Å². The van der Waals surface area contributed by atoms with Gasteiger partial charge in [-0.15, -0.1) is 0 Å². The van der Waals surface area contributed by atoms with Crippen molar-refractivity contribution in [1.82, 2.24) is 9.80 Å². The standard InChI is InChI=1S/C29H29FN4O2/c30-24-11-13-25(14-12-24)32-29(36)33-15-1-2-16-34-26(18-33)28(27(34)19-35)23-9-7-22(8-10-23)21-5-3-20(17-31)4-6-21/h3-14,26-28,35H,1-2,15-16,18-19H2,(H,32,36)/t26-,27+,28-/m1/s1.